The summed E-state index contributed by atoms with van der Waals surface area (Å²) >= 11 is 0. The second-order valence-electron chi connectivity index (χ2n) is 6.34. The van der Waals surface area contributed by atoms with Gasteiger partial charge in [-0.3, -0.25) is 4.79 Å². The fraction of sp³-hybridized carbons (Fsp3) is 0.588. The number of carbonyl (C=O) groups is 1. The van der Waals surface area contributed by atoms with Crippen LogP contribution in [0.1, 0.15) is 43.7 Å². The van der Waals surface area contributed by atoms with E-state index >= 15 is 0 Å². The number of rotatable bonds is 4. The Morgan fingerprint density at radius 2 is 2.10 bits per heavy atom. The fourth-order valence-electron chi connectivity index (χ4n) is 3.03. The van der Waals surface area contributed by atoms with Crippen molar-refractivity contribution in [2.45, 2.75) is 46.1 Å². The van der Waals surface area contributed by atoms with Gasteiger partial charge in [-0.25, -0.2) is 0 Å². The zero-order chi connectivity index (χ0) is 14.6. The Labute approximate surface area is 121 Å². The van der Waals surface area contributed by atoms with Crippen molar-refractivity contribution in [3.05, 3.63) is 35.4 Å². The van der Waals surface area contributed by atoms with Gasteiger partial charge >= 0.3 is 0 Å². The molecule has 0 spiro atoms. The van der Waals surface area contributed by atoms with Crippen molar-refractivity contribution in [3.8, 4) is 0 Å². The van der Waals surface area contributed by atoms with Crippen LogP contribution in [0, 0.1) is 18.3 Å². The van der Waals surface area contributed by atoms with Crippen LogP contribution in [-0.2, 0) is 11.3 Å². The lowest BCUT2D eigenvalue weighted by molar-refractivity contribution is -0.133. The van der Waals surface area contributed by atoms with Crippen molar-refractivity contribution >= 4 is 5.91 Å². The highest BCUT2D eigenvalue weighted by Gasteiger charge is 2.39. The molecule has 3 heteroatoms. The van der Waals surface area contributed by atoms with Crippen LogP contribution < -0.4 is 11.1 Å². The molecule has 0 atom stereocenters. The number of aryl methyl sites for hydroxylation is 1. The van der Waals surface area contributed by atoms with Crippen molar-refractivity contribution in [3.63, 3.8) is 0 Å². The maximum absolute atomic E-state index is 12.5. The van der Waals surface area contributed by atoms with Crippen molar-refractivity contribution < 1.29 is 4.79 Å². The molecule has 1 saturated carbocycles. The smallest absolute Gasteiger partial charge is 0.227 e. The Morgan fingerprint density at radius 1 is 1.40 bits per heavy atom. The zero-order valence-electron chi connectivity index (χ0n) is 12.6. The van der Waals surface area contributed by atoms with Crippen molar-refractivity contribution in [2.24, 2.45) is 17.1 Å². The average Bonchev–Trinajstić information content (AvgIpc) is 2.46. The van der Waals surface area contributed by atoms with Crippen LogP contribution in [0.4, 0.5) is 0 Å². The lowest BCUT2D eigenvalue weighted by Crippen LogP contribution is -2.47. The van der Waals surface area contributed by atoms with Gasteiger partial charge in [-0.2, -0.15) is 0 Å². The molecule has 3 nitrogen and oxygen atoms in total. The van der Waals surface area contributed by atoms with Crippen molar-refractivity contribution in [2.75, 3.05) is 6.54 Å². The Kier molecular flexibility index (Phi) is 4.81. The monoisotopic (exact) mass is 274 g/mol. The third-order valence-corrected chi connectivity index (χ3v) is 4.64. The number of nitrogens with one attached hydrogen (secondary N) is 1. The molecule has 1 fully saturated rings. The highest BCUT2D eigenvalue weighted by atomic mass is 16.2. The van der Waals surface area contributed by atoms with Gasteiger partial charge < -0.3 is 11.1 Å². The van der Waals surface area contributed by atoms with Gasteiger partial charge in [-0.1, -0.05) is 36.8 Å². The van der Waals surface area contributed by atoms with Crippen LogP contribution in [0.3, 0.4) is 0 Å². The number of benzene rings is 1. The lowest BCUT2D eigenvalue weighted by atomic mass is 9.70. The number of amides is 1. The molecule has 0 unspecified atom stereocenters. The number of hydrogen-bond donors (Lipinski definition) is 2. The normalized spacial score (nSPS) is 26.2. The summed E-state index contributed by atoms with van der Waals surface area (Å²) in [5, 5.41) is 3.08. The molecule has 3 N–H and O–H groups in total. The molecule has 110 valence electrons. The lowest BCUT2D eigenvalue weighted by Gasteiger charge is -2.37. The van der Waals surface area contributed by atoms with Crippen LogP contribution in [-0.4, -0.2) is 12.5 Å². The minimum absolute atomic E-state index is 0.133. The Morgan fingerprint density at radius 3 is 2.70 bits per heavy atom. The maximum Gasteiger partial charge on any atom is 0.227 e. The van der Waals surface area contributed by atoms with E-state index in [1.165, 1.54) is 5.56 Å². The van der Waals surface area contributed by atoms with Gasteiger partial charge in [0, 0.05) is 13.1 Å². The first-order valence-electron chi connectivity index (χ1n) is 7.60. The Bertz CT molecular complexity index is 462. The van der Waals surface area contributed by atoms with E-state index < -0.39 is 0 Å². The van der Waals surface area contributed by atoms with Crippen LogP contribution in [0.15, 0.2) is 24.3 Å². The first-order chi connectivity index (χ1) is 9.55. The van der Waals surface area contributed by atoms with E-state index in [9.17, 15) is 4.79 Å². The molecule has 1 amide bonds. The average molecular weight is 274 g/mol. The fourth-order valence-corrected chi connectivity index (χ4v) is 3.03. The van der Waals surface area contributed by atoms with E-state index in [-0.39, 0.29) is 11.3 Å². The Balaban J connectivity index is 1.96. The van der Waals surface area contributed by atoms with Crippen LogP contribution in [0.5, 0.6) is 0 Å². The molecule has 1 aromatic rings. The second kappa shape index (κ2) is 6.40. The summed E-state index contributed by atoms with van der Waals surface area (Å²) in [6, 6.07) is 8.25. The predicted molar refractivity (Wildman–Crippen MR) is 82.1 cm³/mol. The van der Waals surface area contributed by atoms with Crippen LogP contribution in [0.25, 0.3) is 0 Å². The first kappa shape index (κ1) is 15.0. The molecule has 2 rings (SSSR count). The van der Waals surface area contributed by atoms with E-state index in [1.54, 1.807) is 0 Å². The van der Waals surface area contributed by atoms with E-state index in [2.05, 4.69) is 31.3 Å². The molecule has 1 aliphatic carbocycles. The van der Waals surface area contributed by atoms with E-state index in [4.69, 9.17) is 5.73 Å². The van der Waals surface area contributed by atoms with E-state index in [0.29, 0.717) is 13.1 Å². The van der Waals surface area contributed by atoms with Crippen molar-refractivity contribution in [1.82, 2.24) is 5.32 Å². The SMILES string of the molecule is Cc1cccc(CNC(=O)C2(CN)CCC(C)CC2)c1. The summed E-state index contributed by atoms with van der Waals surface area (Å²) in [5.74, 6) is 0.854. The molecule has 20 heavy (non-hydrogen) atoms. The third kappa shape index (κ3) is 3.40. The quantitative estimate of drug-likeness (QED) is 0.887. The summed E-state index contributed by atoms with van der Waals surface area (Å²) in [7, 11) is 0. The molecule has 0 radical (unpaired) electrons. The zero-order valence-corrected chi connectivity index (χ0v) is 12.6. The van der Waals surface area contributed by atoms with Crippen LogP contribution in [0.2, 0.25) is 0 Å². The van der Waals surface area contributed by atoms with E-state index in [0.717, 1.165) is 37.2 Å². The molecule has 0 saturated heterocycles. The highest BCUT2D eigenvalue weighted by molar-refractivity contribution is 5.83. The topological polar surface area (TPSA) is 55.1 Å². The molecule has 1 aliphatic rings. The second-order valence-corrected chi connectivity index (χ2v) is 6.34. The number of hydrogen-bond acceptors (Lipinski definition) is 2. The van der Waals surface area contributed by atoms with Crippen molar-refractivity contribution in [1.29, 1.82) is 0 Å². The molecular formula is C17H26N2O. The minimum Gasteiger partial charge on any atom is -0.352 e. The molecule has 0 aromatic heterocycles. The van der Waals surface area contributed by atoms with Gasteiger partial charge in [0.1, 0.15) is 0 Å². The van der Waals surface area contributed by atoms with Gasteiger partial charge in [-0.05, 0) is 44.1 Å². The van der Waals surface area contributed by atoms with Gasteiger partial charge in [0.25, 0.3) is 0 Å². The van der Waals surface area contributed by atoms with Gasteiger partial charge in [-0.15, -0.1) is 0 Å². The highest BCUT2D eigenvalue weighted by Crippen LogP contribution is 2.38. The summed E-state index contributed by atoms with van der Waals surface area (Å²) in [4.78, 5) is 12.5. The first-order valence-corrected chi connectivity index (χ1v) is 7.60. The standard InChI is InChI=1S/C17H26N2O/c1-13-6-8-17(12-18,9-7-13)16(20)19-11-15-5-3-4-14(2)10-15/h3-5,10,13H,6-9,11-12,18H2,1-2H3,(H,19,20). The molecule has 0 heterocycles. The summed E-state index contributed by atoms with van der Waals surface area (Å²) in [6.45, 7) is 5.37. The third-order valence-electron chi connectivity index (χ3n) is 4.64. The molecule has 0 bridgehead atoms. The van der Waals surface area contributed by atoms with Gasteiger partial charge in [0.15, 0.2) is 0 Å². The molecule has 0 aliphatic heterocycles. The summed E-state index contributed by atoms with van der Waals surface area (Å²) < 4.78 is 0. The molecule has 1 aromatic carbocycles. The minimum atomic E-state index is -0.337. The van der Waals surface area contributed by atoms with Gasteiger partial charge in [0.2, 0.25) is 5.91 Å². The summed E-state index contributed by atoms with van der Waals surface area (Å²) in [5.41, 5.74) is 7.95. The molecular weight excluding hydrogens is 248 g/mol. The summed E-state index contributed by atoms with van der Waals surface area (Å²) in [6.07, 6.45) is 4.05. The van der Waals surface area contributed by atoms with Crippen LogP contribution >= 0.6 is 0 Å². The predicted octanol–water partition coefficient (Wildman–Crippen LogP) is 2.77. The van der Waals surface area contributed by atoms with Gasteiger partial charge in [0.05, 0.1) is 5.41 Å². The number of nitrogens with two attached hydrogens (primary N) is 1. The Hall–Kier alpha value is -1.35. The van der Waals surface area contributed by atoms with E-state index in [1.807, 2.05) is 12.1 Å². The number of carbonyl (C=O) groups excluding carboxylic acids is 1. The maximum atomic E-state index is 12.5. The largest absolute Gasteiger partial charge is 0.352 e.